The number of nitrogen functional groups attached to an aromatic ring is 1. The molecule has 6 heteroatoms. The van der Waals surface area contributed by atoms with E-state index >= 15 is 0 Å². The number of hydrogen-bond donors (Lipinski definition) is 1. The lowest BCUT2D eigenvalue weighted by molar-refractivity contribution is -0.136. The van der Waals surface area contributed by atoms with Crippen molar-refractivity contribution in [3.8, 4) is 0 Å². The minimum absolute atomic E-state index is 0.150. The second-order valence-electron chi connectivity index (χ2n) is 5.02. The molecule has 0 spiro atoms. The highest BCUT2D eigenvalue weighted by atomic mass is 16.5. The van der Waals surface area contributed by atoms with E-state index in [0.717, 1.165) is 19.6 Å². The molecule has 1 fully saturated rings. The molecular formula is C15H21N3O3. The molecule has 2 N–H and O–H groups in total. The largest absolute Gasteiger partial charge is 0.452 e. The van der Waals surface area contributed by atoms with Gasteiger partial charge < -0.3 is 20.3 Å². The van der Waals surface area contributed by atoms with E-state index in [1.165, 1.54) is 6.07 Å². The summed E-state index contributed by atoms with van der Waals surface area (Å²) in [6.07, 6.45) is 0. The van der Waals surface area contributed by atoms with Crippen molar-refractivity contribution in [2.75, 3.05) is 45.1 Å². The van der Waals surface area contributed by atoms with E-state index in [0.29, 0.717) is 24.3 Å². The van der Waals surface area contributed by atoms with Crippen molar-refractivity contribution in [2.24, 2.45) is 0 Å². The predicted molar refractivity (Wildman–Crippen MR) is 79.8 cm³/mol. The zero-order chi connectivity index (χ0) is 15.2. The van der Waals surface area contributed by atoms with E-state index < -0.39 is 5.97 Å². The first-order valence-corrected chi connectivity index (χ1v) is 7.13. The lowest BCUT2D eigenvalue weighted by Crippen LogP contribution is -2.49. The summed E-state index contributed by atoms with van der Waals surface area (Å²) in [6.45, 7) is 5.97. The van der Waals surface area contributed by atoms with Gasteiger partial charge >= 0.3 is 5.97 Å². The average Bonchev–Trinajstić information content (AvgIpc) is 2.52. The molecule has 6 nitrogen and oxygen atoms in total. The third kappa shape index (κ3) is 4.19. The van der Waals surface area contributed by atoms with Gasteiger partial charge in [-0.15, -0.1) is 0 Å². The van der Waals surface area contributed by atoms with Crippen LogP contribution in [-0.2, 0) is 9.53 Å². The standard InChI is InChI=1S/C15H21N3O3/c1-2-17-6-8-18(9-7-17)14(19)11-21-15(20)12-4-3-5-13(16)10-12/h3-5,10H,2,6-9,11,16H2,1H3. The number of nitrogens with two attached hydrogens (primary N) is 1. The molecule has 0 aliphatic carbocycles. The van der Waals surface area contributed by atoms with Crippen LogP contribution in [0.25, 0.3) is 0 Å². The van der Waals surface area contributed by atoms with Crippen LogP contribution >= 0.6 is 0 Å². The number of piperazine rings is 1. The third-order valence-electron chi connectivity index (χ3n) is 3.62. The van der Waals surface area contributed by atoms with E-state index in [1.807, 2.05) is 0 Å². The summed E-state index contributed by atoms with van der Waals surface area (Å²) >= 11 is 0. The van der Waals surface area contributed by atoms with E-state index in [4.69, 9.17) is 10.5 Å². The number of benzene rings is 1. The van der Waals surface area contributed by atoms with Crippen LogP contribution in [0.15, 0.2) is 24.3 Å². The van der Waals surface area contributed by atoms with Gasteiger partial charge in [-0.05, 0) is 24.7 Å². The number of ether oxygens (including phenoxy) is 1. The van der Waals surface area contributed by atoms with Gasteiger partial charge in [0.15, 0.2) is 6.61 Å². The Morgan fingerprint density at radius 3 is 2.57 bits per heavy atom. The van der Waals surface area contributed by atoms with Crippen LogP contribution in [0.2, 0.25) is 0 Å². The molecule has 0 atom stereocenters. The zero-order valence-corrected chi connectivity index (χ0v) is 12.2. The molecule has 1 amide bonds. The fourth-order valence-corrected chi connectivity index (χ4v) is 2.28. The highest BCUT2D eigenvalue weighted by molar-refractivity contribution is 5.92. The first-order valence-electron chi connectivity index (χ1n) is 7.13. The van der Waals surface area contributed by atoms with Crippen molar-refractivity contribution in [2.45, 2.75) is 6.92 Å². The van der Waals surface area contributed by atoms with Crippen LogP contribution in [0.3, 0.4) is 0 Å². The van der Waals surface area contributed by atoms with Gasteiger partial charge in [-0.25, -0.2) is 4.79 Å². The summed E-state index contributed by atoms with van der Waals surface area (Å²) in [7, 11) is 0. The quantitative estimate of drug-likeness (QED) is 0.649. The third-order valence-corrected chi connectivity index (χ3v) is 3.62. The summed E-state index contributed by atoms with van der Waals surface area (Å²) in [6, 6.07) is 6.52. The molecule has 2 rings (SSSR count). The summed E-state index contributed by atoms with van der Waals surface area (Å²) in [5, 5.41) is 0. The molecule has 21 heavy (non-hydrogen) atoms. The van der Waals surface area contributed by atoms with E-state index in [9.17, 15) is 9.59 Å². The number of carbonyl (C=O) groups excluding carboxylic acids is 2. The second kappa shape index (κ2) is 7.08. The van der Waals surface area contributed by atoms with E-state index in [1.54, 1.807) is 23.1 Å². The number of carbonyl (C=O) groups is 2. The molecule has 1 saturated heterocycles. The predicted octanol–water partition coefficient (Wildman–Crippen LogP) is 0.590. The topological polar surface area (TPSA) is 75.9 Å². The normalized spacial score (nSPS) is 15.8. The van der Waals surface area contributed by atoms with Gasteiger partial charge in [0, 0.05) is 31.9 Å². The Bertz CT molecular complexity index is 511. The second-order valence-corrected chi connectivity index (χ2v) is 5.02. The van der Waals surface area contributed by atoms with Gasteiger partial charge in [0.1, 0.15) is 0 Å². The number of likely N-dealkylation sites (N-methyl/N-ethyl adjacent to an activating group) is 1. The lowest BCUT2D eigenvalue weighted by Gasteiger charge is -2.33. The number of rotatable bonds is 4. The molecule has 0 bridgehead atoms. The fraction of sp³-hybridized carbons (Fsp3) is 0.467. The molecule has 1 aromatic carbocycles. The van der Waals surface area contributed by atoms with Gasteiger partial charge in [-0.2, -0.15) is 0 Å². The van der Waals surface area contributed by atoms with Gasteiger partial charge in [0.2, 0.25) is 0 Å². The Balaban J connectivity index is 1.80. The van der Waals surface area contributed by atoms with Crippen LogP contribution in [0.5, 0.6) is 0 Å². The summed E-state index contributed by atoms with van der Waals surface area (Å²) in [5.74, 6) is -0.675. The Labute approximate surface area is 124 Å². The van der Waals surface area contributed by atoms with Crippen LogP contribution < -0.4 is 5.73 Å². The summed E-state index contributed by atoms with van der Waals surface area (Å²) in [4.78, 5) is 27.8. The Morgan fingerprint density at radius 1 is 1.24 bits per heavy atom. The molecule has 1 aromatic rings. The molecular weight excluding hydrogens is 270 g/mol. The molecule has 1 aliphatic rings. The first-order chi connectivity index (χ1) is 10.1. The van der Waals surface area contributed by atoms with Crippen molar-refractivity contribution in [1.82, 2.24) is 9.80 Å². The Morgan fingerprint density at radius 2 is 1.95 bits per heavy atom. The molecule has 0 saturated carbocycles. The fourth-order valence-electron chi connectivity index (χ4n) is 2.28. The van der Waals surface area contributed by atoms with Gasteiger partial charge in [0.05, 0.1) is 5.56 Å². The molecule has 0 aromatic heterocycles. The van der Waals surface area contributed by atoms with E-state index in [2.05, 4.69) is 11.8 Å². The number of nitrogens with zero attached hydrogens (tertiary/aromatic N) is 2. The van der Waals surface area contributed by atoms with Crippen molar-refractivity contribution < 1.29 is 14.3 Å². The Hall–Kier alpha value is -2.08. The zero-order valence-electron chi connectivity index (χ0n) is 12.2. The van der Waals surface area contributed by atoms with Crippen molar-refractivity contribution in [1.29, 1.82) is 0 Å². The van der Waals surface area contributed by atoms with Gasteiger partial charge in [0.25, 0.3) is 5.91 Å². The Kier molecular flexibility index (Phi) is 5.16. The van der Waals surface area contributed by atoms with Crippen molar-refractivity contribution in [3.63, 3.8) is 0 Å². The minimum atomic E-state index is -0.525. The monoisotopic (exact) mass is 291 g/mol. The van der Waals surface area contributed by atoms with Crippen LogP contribution in [-0.4, -0.2) is 61.0 Å². The number of amides is 1. The highest BCUT2D eigenvalue weighted by Gasteiger charge is 2.21. The molecule has 1 aliphatic heterocycles. The van der Waals surface area contributed by atoms with E-state index in [-0.39, 0.29) is 12.5 Å². The lowest BCUT2D eigenvalue weighted by atomic mass is 10.2. The van der Waals surface area contributed by atoms with Crippen LogP contribution in [0.1, 0.15) is 17.3 Å². The van der Waals surface area contributed by atoms with Gasteiger partial charge in [-0.3, -0.25) is 4.79 Å². The smallest absolute Gasteiger partial charge is 0.338 e. The van der Waals surface area contributed by atoms with Gasteiger partial charge in [-0.1, -0.05) is 13.0 Å². The number of anilines is 1. The highest BCUT2D eigenvalue weighted by Crippen LogP contribution is 2.08. The SMILES string of the molecule is CCN1CCN(C(=O)COC(=O)c2cccc(N)c2)CC1. The molecule has 114 valence electrons. The number of hydrogen-bond acceptors (Lipinski definition) is 5. The maximum Gasteiger partial charge on any atom is 0.338 e. The molecule has 0 radical (unpaired) electrons. The minimum Gasteiger partial charge on any atom is -0.452 e. The van der Waals surface area contributed by atoms with Crippen molar-refractivity contribution in [3.05, 3.63) is 29.8 Å². The van der Waals surface area contributed by atoms with Crippen molar-refractivity contribution >= 4 is 17.6 Å². The molecule has 1 heterocycles. The molecule has 0 unspecified atom stereocenters. The number of esters is 1. The maximum absolute atomic E-state index is 12.0. The summed E-state index contributed by atoms with van der Waals surface area (Å²) < 4.78 is 5.05. The maximum atomic E-state index is 12.0. The first kappa shape index (κ1) is 15.3. The average molecular weight is 291 g/mol. The summed E-state index contributed by atoms with van der Waals surface area (Å²) in [5.41, 5.74) is 6.46. The van der Waals surface area contributed by atoms with Crippen LogP contribution in [0.4, 0.5) is 5.69 Å². The van der Waals surface area contributed by atoms with Crippen LogP contribution in [0, 0.1) is 0 Å².